The molecule has 1 aromatic carbocycles. The summed E-state index contributed by atoms with van der Waals surface area (Å²) in [6, 6.07) is 6.42. The maximum Gasteiger partial charge on any atom is 0.222 e. The number of rotatable bonds is 2. The number of piperazine rings is 1. The van der Waals surface area contributed by atoms with Crippen LogP contribution in [0.25, 0.3) is 10.2 Å². The summed E-state index contributed by atoms with van der Waals surface area (Å²) in [5.41, 5.74) is 4.18. The highest BCUT2D eigenvalue weighted by atomic mass is 32.2. The van der Waals surface area contributed by atoms with E-state index < -0.39 is 0 Å². The second-order valence-corrected chi connectivity index (χ2v) is 7.72. The second-order valence-electron chi connectivity index (χ2n) is 5.84. The minimum absolute atomic E-state index is 0.00325. The number of thioether (sulfide) groups is 1. The number of carbonyl (C=O) groups is 1. The molecule has 0 saturated carbocycles. The third kappa shape index (κ3) is 4.77. The molecule has 0 aliphatic carbocycles. The number of carbonyl (C=O) groups excluding carboxylic acids is 1. The van der Waals surface area contributed by atoms with Gasteiger partial charge in [0.25, 0.3) is 0 Å². The highest BCUT2D eigenvalue weighted by molar-refractivity contribution is 8.26. The van der Waals surface area contributed by atoms with Crippen molar-refractivity contribution in [3.05, 3.63) is 29.3 Å². The number of fused-ring (bicyclic) bond motifs is 1. The molecule has 7 nitrogen and oxygen atoms in total. The lowest BCUT2D eigenvalue weighted by Crippen LogP contribution is -2.47. The molecule has 1 aliphatic rings. The Morgan fingerprint density at radius 3 is 2.80 bits per heavy atom. The minimum Gasteiger partial charge on any atom is -0.349 e. The Bertz CT molecular complexity index is 797. The molecule has 1 aromatic heterocycles. The van der Waals surface area contributed by atoms with E-state index in [9.17, 15) is 4.79 Å². The van der Waals surface area contributed by atoms with Crippen LogP contribution in [0.4, 0.5) is 0 Å². The Hall–Kier alpha value is -1.97. The van der Waals surface area contributed by atoms with Crippen LogP contribution in [0.1, 0.15) is 12.5 Å². The van der Waals surface area contributed by atoms with Crippen molar-refractivity contribution in [1.29, 1.82) is 10.8 Å². The molecule has 2 heterocycles. The number of aromatic nitrogens is 1. The van der Waals surface area contributed by atoms with Gasteiger partial charge in [-0.2, -0.15) is 0 Å². The number of amidine groups is 2. The summed E-state index contributed by atoms with van der Waals surface area (Å²) in [5.74, 6) is -0.285. The number of hydrogen-bond donors (Lipinski definition) is 3. The molecule has 25 heavy (non-hydrogen) atoms. The first-order chi connectivity index (χ1) is 12.0. The van der Waals surface area contributed by atoms with E-state index in [1.807, 2.05) is 10.4 Å². The summed E-state index contributed by atoms with van der Waals surface area (Å²) in [6.45, 7) is 5.47. The zero-order valence-electron chi connectivity index (χ0n) is 13.9. The van der Waals surface area contributed by atoms with Crippen molar-refractivity contribution in [1.82, 2.24) is 20.1 Å². The van der Waals surface area contributed by atoms with Crippen LogP contribution in [0.3, 0.4) is 0 Å². The largest absolute Gasteiger partial charge is 0.349 e. The molecule has 1 aliphatic heterocycles. The molecule has 0 atom stereocenters. The van der Waals surface area contributed by atoms with Crippen LogP contribution in [0.2, 0.25) is 0 Å². The molecule has 9 heteroatoms. The van der Waals surface area contributed by atoms with Crippen LogP contribution in [0.5, 0.6) is 0 Å². The highest BCUT2D eigenvalue weighted by Gasteiger charge is 2.20. The van der Waals surface area contributed by atoms with Gasteiger partial charge in [-0.1, -0.05) is 6.07 Å². The lowest BCUT2D eigenvalue weighted by atomic mass is 10.2. The predicted octanol–water partition coefficient (Wildman–Crippen LogP) is 2.15. The number of amides is 1. The summed E-state index contributed by atoms with van der Waals surface area (Å²) in [4.78, 5) is 19.6. The smallest absolute Gasteiger partial charge is 0.222 e. The Morgan fingerprint density at radius 1 is 1.32 bits per heavy atom. The average molecular weight is 377 g/mol. The van der Waals surface area contributed by atoms with Crippen molar-refractivity contribution in [2.75, 3.05) is 26.2 Å². The lowest BCUT2D eigenvalue weighted by molar-refractivity contribution is -0.117. The molecule has 0 bridgehead atoms. The van der Waals surface area contributed by atoms with Crippen molar-refractivity contribution >= 4 is 49.6 Å². The van der Waals surface area contributed by atoms with Crippen molar-refractivity contribution in [2.24, 2.45) is 0 Å². The number of hydrogen-bond acceptors (Lipinski definition) is 7. The van der Waals surface area contributed by atoms with E-state index in [1.165, 1.54) is 17.2 Å². The van der Waals surface area contributed by atoms with Gasteiger partial charge >= 0.3 is 0 Å². The monoisotopic (exact) mass is 376 g/mol. The molecule has 0 spiro atoms. The Morgan fingerprint density at radius 2 is 2.08 bits per heavy atom. The molecule has 0 radical (unpaired) electrons. The van der Waals surface area contributed by atoms with Gasteiger partial charge in [0, 0.05) is 39.6 Å². The third-order valence-electron chi connectivity index (χ3n) is 3.95. The van der Waals surface area contributed by atoms with Gasteiger partial charge in [0.15, 0.2) is 10.3 Å². The molecule has 2 aromatic rings. The van der Waals surface area contributed by atoms with E-state index in [2.05, 4.69) is 33.4 Å². The van der Waals surface area contributed by atoms with Crippen LogP contribution in [0, 0.1) is 10.8 Å². The van der Waals surface area contributed by atoms with Crippen LogP contribution in [-0.2, 0) is 11.3 Å². The van der Waals surface area contributed by atoms with Gasteiger partial charge in [-0.15, -0.1) is 11.3 Å². The highest BCUT2D eigenvalue weighted by Crippen LogP contribution is 2.20. The topological polar surface area (TPSA) is 96.2 Å². The predicted molar refractivity (Wildman–Crippen MR) is 103 cm³/mol. The van der Waals surface area contributed by atoms with Gasteiger partial charge in [0.1, 0.15) is 0 Å². The first-order valence-electron chi connectivity index (χ1n) is 7.93. The van der Waals surface area contributed by atoms with Crippen molar-refractivity contribution in [3.63, 3.8) is 0 Å². The molecule has 3 N–H and O–H groups in total. The standard InChI is InChI=1S/C16H20N6OS2/c1-11(23)20-15(17)25-16(18)22-6-4-21(5-7-22)9-12-2-3-14-13(8-12)19-10-24-14/h2-3,8,10,18H,4-7,9H2,1H3,(H2,17,20,23). The normalized spacial score (nSPS) is 15.3. The molecule has 1 saturated heterocycles. The fourth-order valence-electron chi connectivity index (χ4n) is 2.72. The quantitative estimate of drug-likeness (QED) is 0.551. The van der Waals surface area contributed by atoms with Gasteiger partial charge in [0.2, 0.25) is 5.91 Å². The van der Waals surface area contributed by atoms with Gasteiger partial charge in [-0.05, 0) is 29.5 Å². The van der Waals surface area contributed by atoms with E-state index in [0.29, 0.717) is 5.17 Å². The van der Waals surface area contributed by atoms with Crippen molar-refractivity contribution in [2.45, 2.75) is 13.5 Å². The molecular weight excluding hydrogens is 356 g/mol. The van der Waals surface area contributed by atoms with Gasteiger partial charge in [-0.25, -0.2) is 4.98 Å². The fourth-order valence-corrected chi connectivity index (χ4v) is 4.07. The maximum absolute atomic E-state index is 10.9. The van der Waals surface area contributed by atoms with E-state index in [0.717, 1.165) is 50.0 Å². The Labute approximate surface area is 154 Å². The first kappa shape index (κ1) is 17.8. The number of nitrogens with one attached hydrogen (secondary N) is 3. The molecular formula is C16H20N6OS2. The van der Waals surface area contributed by atoms with E-state index in [1.54, 1.807) is 11.3 Å². The third-order valence-corrected chi connectivity index (χ3v) is 5.52. The Kier molecular flexibility index (Phi) is 5.67. The van der Waals surface area contributed by atoms with Crippen LogP contribution >= 0.6 is 23.1 Å². The first-order valence-corrected chi connectivity index (χ1v) is 9.63. The van der Waals surface area contributed by atoms with Crippen LogP contribution in [0.15, 0.2) is 23.7 Å². The molecule has 132 valence electrons. The van der Waals surface area contributed by atoms with Crippen molar-refractivity contribution in [3.8, 4) is 0 Å². The van der Waals surface area contributed by atoms with Crippen LogP contribution < -0.4 is 5.32 Å². The average Bonchev–Trinajstić information content (AvgIpc) is 3.02. The molecule has 1 fully saturated rings. The maximum atomic E-state index is 10.9. The van der Waals surface area contributed by atoms with E-state index in [4.69, 9.17) is 10.8 Å². The molecule has 0 unspecified atom stereocenters. The minimum atomic E-state index is -0.285. The molecule has 3 rings (SSSR count). The zero-order chi connectivity index (χ0) is 17.8. The van der Waals surface area contributed by atoms with Crippen molar-refractivity contribution < 1.29 is 4.79 Å². The number of nitrogens with zero attached hydrogens (tertiary/aromatic N) is 3. The number of benzene rings is 1. The summed E-state index contributed by atoms with van der Waals surface area (Å²) in [6.07, 6.45) is 0. The van der Waals surface area contributed by atoms with Gasteiger partial charge in [0.05, 0.1) is 15.7 Å². The lowest BCUT2D eigenvalue weighted by Gasteiger charge is -2.35. The summed E-state index contributed by atoms with van der Waals surface area (Å²) in [5, 5.41) is 18.4. The van der Waals surface area contributed by atoms with E-state index >= 15 is 0 Å². The summed E-state index contributed by atoms with van der Waals surface area (Å²) >= 11 is 2.63. The molecule has 1 amide bonds. The fraction of sp³-hybridized carbons (Fsp3) is 0.375. The Balaban J connectivity index is 1.48. The van der Waals surface area contributed by atoms with Crippen LogP contribution in [-0.4, -0.2) is 57.2 Å². The van der Waals surface area contributed by atoms with E-state index in [-0.39, 0.29) is 11.1 Å². The van der Waals surface area contributed by atoms with Gasteiger partial charge in [-0.3, -0.25) is 20.5 Å². The summed E-state index contributed by atoms with van der Waals surface area (Å²) < 4.78 is 1.21. The SMILES string of the molecule is CC(=O)NC(=N)SC(=N)N1CCN(Cc2ccc3scnc3c2)CC1. The second kappa shape index (κ2) is 7.94. The number of thiazole rings is 1. The zero-order valence-corrected chi connectivity index (χ0v) is 15.5. The summed E-state index contributed by atoms with van der Waals surface area (Å²) in [7, 11) is 0. The van der Waals surface area contributed by atoms with Gasteiger partial charge < -0.3 is 10.2 Å².